The largest absolute Gasteiger partial charge is 0.416 e. The number of rotatable bonds is 9. The van der Waals surface area contributed by atoms with E-state index in [9.17, 15) is 18.0 Å². The molecule has 0 bridgehead atoms. The lowest BCUT2D eigenvalue weighted by molar-refractivity contribution is -0.138. The van der Waals surface area contributed by atoms with Crippen LogP contribution in [0.5, 0.6) is 0 Å². The van der Waals surface area contributed by atoms with E-state index in [4.69, 9.17) is 0 Å². The highest BCUT2D eigenvalue weighted by Gasteiger charge is 2.32. The Bertz CT molecular complexity index is 719. The van der Waals surface area contributed by atoms with Gasteiger partial charge in [0.15, 0.2) is 4.34 Å². The molecule has 142 valence electrons. The molecule has 1 aromatic heterocycles. The van der Waals surface area contributed by atoms with Crippen molar-refractivity contribution in [2.45, 2.75) is 55.3 Å². The van der Waals surface area contributed by atoms with Crippen molar-refractivity contribution in [2.24, 2.45) is 0 Å². The van der Waals surface area contributed by atoms with Gasteiger partial charge in [-0.15, -0.1) is 10.2 Å². The molecule has 1 aromatic carbocycles. The summed E-state index contributed by atoms with van der Waals surface area (Å²) in [6, 6.07) is 5.47. The second kappa shape index (κ2) is 9.91. The molecule has 9 heteroatoms. The van der Waals surface area contributed by atoms with E-state index in [1.807, 2.05) is 0 Å². The minimum Gasteiger partial charge on any atom is -0.301 e. The van der Waals surface area contributed by atoms with Crippen molar-refractivity contribution in [3.05, 3.63) is 35.4 Å². The lowest BCUT2D eigenvalue weighted by Gasteiger charge is -2.11. The van der Waals surface area contributed by atoms with E-state index in [0.717, 1.165) is 31.7 Å². The van der Waals surface area contributed by atoms with Crippen molar-refractivity contribution < 1.29 is 18.0 Å². The molecule has 26 heavy (non-hydrogen) atoms. The number of carbonyl (C=O) groups excluding carboxylic acids is 1. The smallest absolute Gasteiger partial charge is 0.301 e. The SMILES string of the molecule is CCCCCCC(=O)Nc1nnc(SCc2ccccc2C(F)(F)F)s1. The van der Waals surface area contributed by atoms with Gasteiger partial charge in [-0.05, 0) is 18.1 Å². The first kappa shape index (κ1) is 20.7. The Labute approximate surface area is 158 Å². The van der Waals surface area contributed by atoms with Crippen molar-refractivity contribution in [1.29, 1.82) is 0 Å². The number of alkyl halides is 3. The van der Waals surface area contributed by atoms with Gasteiger partial charge in [0, 0.05) is 12.2 Å². The molecule has 0 aliphatic heterocycles. The minimum atomic E-state index is -4.38. The maximum absolute atomic E-state index is 13.0. The average molecular weight is 403 g/mol. The van der Waals surface area contributed by atoms with Gasteiger partial charge in [0.2, 0.25) is 11.0 Å². The molecule has 2 aromatic rings. The quantitative estimate of drug-likeness (QED) is 0.329. The molecule has 1 N–H and O–H groups in total. The number of anilines is 1. The summed E-state index contributed by atoms with van der Waals surface area (Å²) < 4.78 is 39.5. The number of carbonyl (C=O) groups is 1. The molecule has 0 aliphatic carbocycles. The number of halogens is 3. The summed E-state index contributed by atoms with van der Waals surface area (Å²) in [7, 11) is 0. The van der Waals surface area contributed by atoms with Gasteiger partial charge in [0.25, 0.3) is 0 Å². The van der Waals surface area contributed by atoms with Crippen molar-refractivity contribution in [2.75, 3.05) is 5.32 Å². The maximum atomic E-state index is 13.0. The average Bonchev–Trinajstić information content (AvgIpc) is 3.04. The first-order valence-corrected chi connectivity index (χ1v) is 10.1. The Morgan fingerprint density at radius 2 is 1.96 bits per heavy atom. The van der Waals surface area contributed by atoms with E-state index in [2.05, 4.69) is 22.4 Å². The predicted molar refractivity (Wildman–Crippen MR) is 98.3 cm³/mol. The summed E-state index contributed by atoms with van der Waals surface area (Å²) in [4.78, 5) is 11.8. The minimum absolute atomic E-state index is 0.115. The molecular formula is C17H20F3N3OS2. The van der Waals surface area contributed by atoms with Crippen molar-refractivity contribution >= 4 is 34.1 Å². The Balaban J connectivity index is 1.87. The van der Waals surface area contributed by atoms with Crippen LogP contribution in [0.2, 0.25) is 0 Å². The molecule has 1 heterocycles. The van der Waals surface area contributed by atoms with E-state index < -0.39 is 11.7 Å². The van der Waals surface area contributed by atoms with Gasteiger partial charge >= 0.3 is 6.18 Å². The number of hydrogen-bond donors (Lipinski definition) is 1. The van der Waals surface area contributed by atoms with E-state index in [-0.39, 0.29) is 17.2 Å². The van der Waals surface area contributed by atoms with Crippen LogP contribution in [0.15, 0.2) is 28.6 Å². The fourth-order valence-electron chi connectivity index (χ4n) is 2.27. The third-order valence-electron chi connectivity index (χ3n) is 3.58. The molecule has 1 amide bonds. The first-order valence-electron chi connectivity index (χ1n) is 8.31. The molecule has 0 radical (unpaired) electrons. The Hall–Kier alpha value is -1.61. The van der Waals surface area contributed by atoms with Crippen LogP contribution in [0.25, 0.3) is 0 Å². The van der Waals surface area contributed by atoms with Gasteiger partial charge in [-0.2, -0.15) is 13.2 Å². The van der Waals surface area contributed by atoms with E-state index in [0.29, 0.717) is 15.9 Å². The van der Waals surface area contributed by atoms with Gasteiger partial charge < -0.3 is 5.32 Å². The summed E-state index contributed by atoms with van der Waals surface area (Å²) in [5, 5.41) is 10.9. The summed E-state index contributed by atoms with van der Waals surface area (Å²) >= 11 is 2.33. The first-order chi connectivity index (χ1) is 12.4. The van der Waals surface area contributed by atoms with Crippen LogP contribution in [-0.2, 0) is 16.7 Å². The number of nitrogens with zero attached hydrogens (tertiary/aromatic N) is 2. The molecule has 0 unspecified atom stereocenters. The number of thioether (sulfide) groups is 1. The monoisotopic (exact) mass is 403 g/mol. The molecule has 4 nitrogen and oxygen atoms in total. The van der Waals surface area contributed by atoms with Crippen LogP contribution in [-0.4, -0.2) is 16.1 Å². The fraction of sp³-hybridized carbons (Fsp3) is 0.471. The number of nitrogens with one attached hydrogen (secondary N) is 1. The fourth-order valence-corrected chi connectivity index (χ4v) is 4.05. The summed E-state index contributed by atoms with van der Waals surface area (Å²) in [6.45, 7) is 2.10. The van der Waals surface area contributed by atoms with Gasteiger partial charge in [-0.25, -0.2) is 0 Å². The topological polar surface area (TPSA) is 54.9 Å². The van der Waals surface area contributed by atoms with Crippen LogP contribution in [0, 0.1) is 0 Å². The van der Waals surface area contributed by atoms with E-state index in [1.165, 1.54) is 35.2 Å². The zero-order chi connectivity index (χ0) is 19.0. The molecular weight excluding hydrogens is 383 g/mol. The second-order valence-corrected chi connectivity index (χ2v) is 7.88. The summed E-state index contributed by atoms with van der Waals surface area (Å²) in [5.74, 6) is 0.0196. The van der Waals surface area contributed by atoms with Gasteiger partial charge in [0.05, 0.1) is 5.56 Å². The van der Waals surface area contributed by atoms with Crippen molar-refractivity contribution in [3.8, 4) is 0 Å². The van der Waals surface area contributed by atoms with Gasteiger partial charge in [-0.1, -0.05) is 67.5 Å². The van der Waals surface area contributed by atoms with Crippen LogP contribution in [0.4, 0.5) is 18.3 Å². The number of amides is 1. The molecule has 0 atom stereocenters. The van der Waals surface area contributed by atoms with E-state index in [1.54, 1.807) is 6.07 Å². The number of aromatic nitrogens is 2. The normalized spacial score (nSPS) is 11.5. The van der Waals surface area contributed by atoms with Crippen LogP contribution in [0.3, 0.4) is 0 Å². The molecule has 0 saturated carbocycles. The standard InChI is InChI=1S/C17H20F3N3OS2/c1-2-3-4-5-10-14(24)21-15-22-23-16(26-15)25-11-12-8-6-7-9-13(12)17(18,19)20/h6-9H,2-5,10-11H2,1H3,(H,21,22,24). The lowest BCUT2D eigenvalue weighted by Crippen LogP contribution is -2.10. The number of unbranched alkanes of at least 4 members (excludes halogenated alkanes) is 3. The molecule has 0 saturated heterocycles. The predicted octanol–water partition coefficient (Wildman–Crippen LogP) is 5.76. The molecule has 0 aliphatic rings. The van der Waals surface area contributed by atoms with Crippen molar-refractivity contribution in [1.82, 2.24) is 10.2 Å². The van der Waals surface area contributed by atoms with Gasteiger partial charge in [-0.3, -0.25) is 4.79 Å². The van der Waals surface area contributed by atoms with E-state index >= 15 is 0 Å². The van der Waals surface area contributed by atoms with Crippen LogP contribution in [0.1, 0.15) is 50.2 Å². The van der Waals surface area contributed by atoms with Crippen LogP contribution < -0.4 is 5.32 Å². The van der Waals surface area contributed by atoms with Gasteiger partial charge in [0.1, 0.15) is 0 Å². The Morgan fingerprint density at radius 1 is 1.19 bits per heavy atom. The highest BCUT2D eigenvalue weighted by atomic mass is 32.2. The highest BCUT2D eigenvalue weighted by molar-refractivity contribution is 8.00. The summed E-state index contributed by atoms with van der Waals surface area (Å²) in [5.41, 5.74) is -0.445. The highest BCUT2D eigenvalue weighted by Crippen LogP contribution is 2.35. The third kappa shape index (κ3) is 6.60. The second-order valence-electron chi connectivity index (χ2n) is 5.68. The Morgan fingerprint density at radius 3 is 2.69 bits per heavy atom. The number of hydrogen-bond acceptors (Lipinski definition) is 5. The Kier molecular flexibility index (Phi) is 7.89. The lowest BCUT2D eigenvalue weighted by atomic mass is 10.1. The van der Waals surface area contributed by atoms with Crippen molar-refractivity contribution in [3.63, 3.8) is 0 Å². The third-order valence-corrected chi connectivity index (χ3v) is 5.60. The molecule has 0 spiro atoms. The maximum Gasteiger partial charge on any atom is 0.416 e. The molecule has 2 rings (SSSR count). The van der Waals surface area contributed by atoms with Crippen LogP contribution >= 0.6 is 23.1 Å². The molecule has 0 fully saturated rings. The number of benzene rings is 1. The summed E-state index contributed by atoms with van der Waals surface area (Å²) in [6.07, 6.45) is 0.104. The zero-order valence-electron chi connectivity index (χ0n) is 14.3. The zero-order valence-corrected chi connectivity index (χ0v) is 15.9.